The molecule has 2 aromatic carbocycles. The monoisotopic (exact) mass is 352 g/mol. The zero-order chi connectivity index (χ0) is 16.3. The van der Waals surface area contributed by atoms with E-state index in [9.17, 15) is 8.42 Å². The molecule has 0 aliphatic carbocycles. The molecule has 1 aliphatic rings. The number of benzene rings is 2. The summed E-state index contributed by atoms with van der Waals surface area (Å²) in [5.41, 5.74) is 1.33. The molecule has 0 spiro atoms. The van der Waals surface area contributed by atoms with Gasteiger partial charge in [0.05, 0.1) is 34.5 Å². The van der Waals surface area contributed by atoms with E-state index in [4.69, 9.17) is 16.3 Å². The normalized spacial score (nSPS) is 15.4. The Morgan fingerprint density at radius 1 is 1.04 bits per heavy atom. The van der Waals surface area contributed by atoms with Gasteiger partial charge in [0.1, 0.15) is 0 Å². The van der Waals surface area contributed by atoms with Gasteiger partial charge in [0, 0.05) is 13.1 Å². The molecule has 1 aliphatic heterocycles. The molecule has 0 radical (unpaired) electrons. The molecule has 122 valence electrons. The van der Waals surface area contributed by atoms with Crippen LogP contribution in [0.2, 0.25) is 5.02 Å². The van der Waals surface area contributed by atoms with Crippen LogP contribution in [-0.2, 0) is 14.8 Å². The third-order valence-electron chi connectivity index (χ3n) is 3.61. The van der Waals surface area contributed by atoms with Crippen molar-refractivity contribution < 1.29 is 13.2 Å². The number of anilines is 2. The number of morpholine rings is 1. The van der Waals surface area contributed by atoms with Crippen molar-refractivity contribution in [1.29, 1.82) is 0 Å². The van der Waals surface area contributed by atoms with E-state index in [0.29, 0.717) is 23.9 Å². The summed E-state index contributed by atoms with van der Waals surface area (Å²) >= 11 is 6.32. The summed E-state index contributed by atoms with van der Waals surface area (Å²) in [6.07, 6.45) is 0. The van der Waals surface area contributed by atoms with Gasteiger partial charge in [-0.25, -0.2) is 8.42 Å². The van der Waals surface area contributed by atoms with E-state index in [1.807, 2.05) is 6.07 Å². The molecule has 0 saturated carbocycles. The first-order chi connectivity index (χ1) is 11.1. The molecule has 1 N–H and O–H groups in total. The van der Waals surface area contributed by atoms with Gasteiger partial charge in [0.2, 0.25) is 0 Å². The van der Waals surface area contributed by atoms with Crippen LogP contribution in [-0.4, -0.2) is 34.7 Å². The van der Waals surface area contributed by atoms with Gasteiger partial charge in [0.15, 0.2) is 0 Å². The Balaban J connectivity index is 1.80. The lowest BCUT2D eigenvalue weighted by atomic mass is 10.2. The van der Waals surface area contributed by atoms with E-state index in [1.165, 1.54) is 0 Å². The van der Waals surface area contributed by atoms with Crippen molar-refractivity contribution in [3.8, 4) is 0 Å². The van der Waals surface area contributed by atoms with Crippen LogP contribution < -0.4 is 9.62 Å². The van der Waals surface area contributed by atoms with Crippen molar-refractivity contribution in [1.82, 2.24) is 0 Å². The predicted molar refractivity (Wildman–Crippen MR) is 91.7 cm³/mol. The zero-order valence-corrected chi connectivity index (χ0v) is 14.0. The van der Waals surface area contributed by atoms with Gasteiger partial charge < -0.3 is 9.64 Å². The average Bonchev–Trinajstić information content (AvgIpc) is 2.56. The third kappa shape index (κ3) is 3.77. The maximum absolute atomic E-state index is 12.3. The lowest BCUT2D eigenvalue weighted by Crippen LogP contribution is -2.36. The molecule has 7 heteroatoms. The highest BCUT2D eigenvalue weighted by Crippen LogP contribution is 2.30. The largest absolute Gasteiger partial charge is 0.378 e. The van der Waals surface area contributed by atoms with Crippen molar-refractivity contribution in [2.24, 2.45) is 0 Å². The van der Waals surface area contributed by atoms with E-state index in [2.05, 4.69) is 9.62 Å². The number of hydrogen-bond donors (Lipinski definition) is 1. The summed E-state index contributed by atoms with van der Waals surface area (Å²) in [6.45, 7) is 2.88. The van der Waals surface area contributed by atoms with Gasteiger partial charge >= 0.3 is 0 Å². The van der Waals surface area contributed by atoms with Crippen LogP contribution in [0.3, 0.4) is 0 Å². The average molecular weight is 353 g/mol. The second kappa shape index (κ2) is 6.78. The van der Waals surface area contributed by atoms with Crippen LogP contribution in [0.15, 0.2) is 53.4 Å². The molecule has 1 fully saturated rings. The van der Waals surface area contributed by atoms with Gasteiger partial charge in [-0.05, 0) is 30.3 Å². The molecule has 0 atom stereocenters. The van der Waals surface area contributed by atoms with Gasteiger partial charge in [-0.3, -0.25) is 4.72 Å². The first-order valence-corrected chi connectivity index (χ1v) is 9.12. The van der Waals surface area contributed by atoms with Crippen LogP contribution >= 0.6 is 11.6 Å². The number of sulfonamides is 1. The SMILES string of the molecule is O=S(=O)(Nc1ccc(N2CCOCC2)c(Cl)c1)c1ccccc1. The summed E-state index contributed by atoms with van der Waals surface area (Å²) in [7, 11) is -3.61. The molecule has 1 saturated heterocycles. The Hall–Kier alpha value is -1.76. The number of ether oxygens (including phenoxy) is 1. The Bertz CT molecular complexity index is 775. The lowest BCUT2D eigenvalue weighted by molar-refractivity contribution is 0.122. The minimum atomic E-state index is -3.61. The Kier molecular flexibility index (Phi) is 4.75. The highest BCUT2D eigenvalue weighted by atomic mass is 35.5. The molecular formula is C16H17ClN2O3S. The highest BCUT2D eigenvalue weighted by molar-refractivity contribution is 7.92. The first-order valence-electron chi connectivity index (χ1n) is 7.26. The van der Waals surface area contributed by atoms with Gasteiger partial charge in [-0.15, -0.1) is 0 Å². The number of nitrogens with one attached hydrogen (secondary N) is 1. The van der Waals surface area contributed by atoms with E-state index < -0.39 is 10.0 Å². The standard InChI is InChI=1S/C16H17ClN2O3S/c17-15-12-13(6-7-16(15)19-8-10-22-11-9-19)18-23(20,21)14-4-2-1-3-5-14/h1-7,12,18H,8-11H2. The fraction of sp³-hybridized carbons (Fsp3) is 0.250. The Labute approximate surface area is 140 Å². The minimum Gasteiger partial charge on any atom is -0.378 e. The molecule has 1 heterocycles. The van der Waals surface area contributed by atoms with E-state index >= 15 is 0 Å². The smallest absolute Gasteiger partial charge is 0.261 e. The Morgan fingerprint density at radius 3 is 2.39 bits per heavy atom. The third-order valence-corrected chi connectivity index (χ3v) is 5.31. The molecule has 0 aromatic heterocycles. The second-order valence-corrected chi connectivity index (χ2v) is 7.27. The van der Waals surface area contributed by atoms with Crippen molar-refractivity contribution in [2.75, 3.05) is 35.9 Å². The van der Waals surface area contributed by atoms with Crippen LogP contribution in [0.5, 0.6) is 0 Å². The van der Waals surface area contributed by atoms with Crippen molar-refractivity contribution in [2.45, 2.75) is 4.90 Å². The molecule has 0 bridgehead atoms. The van der Waals surface area contributed by atoms with Gasteiger partial charge in [-0.2, -0.15) is 0 Å². The summed E-state index contributed by atoms with van der Waals surface area (Å²) in [5.74, 6) is 0. The predicted octanol–water partition coefficient (Wildman–Crippen LogP) is 2.98. The van der Waals surface area contributed by atoms with Crippen molar-refractivity contribution in [3.05, 3.63) is 53.6 Å². The molecular weight excluding hydrogens is 336 g/mol. The summed E-state index contributed by atoms with van der Waals surface area (Å²) in [4.78, 5) is 2.34. The topological polar surface area (TPSA) is 58.6 Å². The van der Waals surface area contributed by atoms with Crippen molar-refractivity contribution >= 4 is 33.0 Å². The number of nitrogens with zero attached hydrogens (tertiary/aromatic N) is 1. The maximum atomic E-state index is 12.3. The number of rotatable bonds is 4. The van der Waals surface area contributed by atoms with E-state index in [-0.39, 0.29) is 4.90 Å². The highest BCUT2D eigenvalue weighted by Gasteiger charge is 2.17. The van der Waals surface area contributed by atoms with Crippen molar-refractivity contribution in [3.63, 3.8) is 0 Å². The molecule has 2 aromatic rings. The first kappa shape index (κ1) is 16.1. The quantitative estimate of drug-likeness (QED) is 0.919. The van der Waals surface area contributed by atoms with Crippen LogP contribution in [0.4, 0.5) is 11.4 Å². The van der Waals surface area contributed by atoms with Crippen LogP contribution in [0, 0.1) is 0 Å². The maximum Gasteiger partial charge on any atom is 0.261 e. The summed E-state index contributed by atoms with van der Waals surface area (Å²) < 4.78 is 32.5. The second-order valence-electron chi connectivity index (χ2n) is 5.18. The summed E-state index contributed by atoms with van der Waals surface area (Å²) in [6, 6.07) is 13.4. The number of hydrogen-bond acceptors (Lipinski definition) is 4. The van der Waals surface area contributed by atoms with Crippen LogP contribution in [0.25, 0.3) is 0 Å². The van der Waals surface area contributed by atoms with Crippen LogP contribution in [0.1, 0.15) is 0 Å². The minimum absolute atomic E-state index is 0.216. The van der Waals surface area contributed by atoms with E-state index in [0.717, 1.165) is 18.8 Å². The Morgan fingerprint density at radius 2 is 1.74 bits per heavy atom. The van der Waals surface area contributed by atoms with E-state index in [1.54, 1.807) is 42.5 Å². The molecule has 5 nitrogen and oxygen atoms in total. The zero-order valence-electron chi connectivity index (χ0n) is 12.4. The van der Waals surface area contributed by atoms with Gasteiger partial charge in [-0.1, -0.05) is 29.8 Å². The van der Waals surface area contributed by atoms with Gasteiger partial charge in [0.25, 0.3) is 10.0 Å². The molecule has 3 rings (SSSR count). The summed E-state index contributed by atoms with van der Waals surface area (Å²) in [5, 5.41) is 0.514. The lowest BCUT2D eigenvalue weighted by Gasteiger charge is -2.29. The molecule has 0 amide bonds. The fourth-order valence-electron chi connectivity index (χ4n) is 2.44. The molecule has 23 heavy (non-hydrogen) atoms. The number of halogens is 1. The molecule has 0 unspecified atom stereocenters. The fourth-order valence-corrected chi connectivity index (χ4v) is 3.82.